The quantitative estimate of drug-likeness (QED) is 0.536. The second-order valence-corrected chi connectivity index (χ2v) is 7.37. The van der Waals surface area contributed by atoms with Gasteiger partial charge in [-0.2, -0.15) is 0 Å². The predicted octanol–water partition coefficient (Wildman–Crippen LogP) is 3.17. The van der Waals surface area contributed by atoms with Crippen LogP contribution in [0, 0.1) is 0 Å². The minimum Gasteiger partial charge on any atom is -0.383 e. The van der Waals surface area contributed by atoms with Crippen LogP contribution in [0.4, 0.5) is 0 Å². The number of carbonyl (C=O) groups is 3. The van der Waals surface area contributed by atoms with E-state index in [4.69, 9.17) is 4.74 Å². The maximum Gasteiger partial charge on any atom is 0.261 e. The molecule has 0 spiro atoms. The van der Waals surface area contributed by atoms with Crippen molar-refractivity contribution in [2.75, 3.05) is 33.4 Å². The fourth-order valence-corrected chi connectivity index (χ4v) is 3.67. The highest BCUT2D eigenvalue weighted by Gasteiger charge is 2.34. The molecule has 1 aliphatic heterocycles. The summed E-state index contributed by atoms with van der Waals surface area (Å²) in [6.07, 6.45) is 2.53. The second-order valence-electron chi connectivity index (χ2n) is 7.37. The maximum absolute atomic E-state index is 12.7. The fourth-order valence-electron chi connectivity index (χ4n) is 3.67. The largest absolute Gasteiger partial charge is 0.383 e. The molecule has 3 rings (SSSR count). The first-order valence-electron chi connectivity index (χ1n) is 10.4. The van der Waals surface area contributed by atoms with E-state index in [2.05, 4.69) is 12.1 Å². The first kappa shape index (κ1) is 21.7. The van der Waals surface area contributed by atoms with Crippen LogP contribution in [-0.2, 0) is 16.0 Å². The van der Waals surface area contributed by atoms with E-state index in [1.54, 1.807) is 31.4 Å². The van der Waals surface area contributed by atoms with Crippen LogP contribution in [0.25, 0.3) is 0 Å². The van der Waals surface area contributed by atoms with Crippen molar-refractivity contribution in [2.45, 2.75) is 25.7 Å². The number of imide groups is 1. The molecule has 2 aromatic rings. The normalized spacial score (nSPS) is 12.9. The molecule has 0 aliphatic carbocycles. The van der Waals surface area contributed by atoms with E-state index in [0.717, 1.165) is 12.8 Å². The number of hydrogen-bond donors (Lipinski definition) is 0. The third kappa shape index (κ3) is 5.33. The van der Waals surface area contributed by atoms with Crippen molar-refractivity contribution in [3.05, 3.63) is 71.3 Å². The third-order valence-electron chi connectivity index (χ3n) is 5.30. The van der Waals surface area contributed by atoms with E-state index in [1.807, 2.05) is 23.1 Å². The Morgan fingerprint density at radius 2 is 1.53 bits per heavy atom. The van der Waals surface area contributed by atoms with Crippen molar-refractivity contribution in [1.82, 2.24) is 9.80 Å². The van der Waals surface area contributed by atoms with Gasteiger partial charge in [0.1, 0.15) is 0 Å². The van der Waals surface area contributed by atoms with Crippen molar-refractivity contribution in [1.29, 1.82) is 0 Å². The number of fused-ring (bicyclic) bond motifs is 1. The van der Waals surface area contributed by atoms with Crippen molar-refractivity contribution in [3.8, 4) is 0 Å². The molecule has 2 aromatic carbocycles. The van der Waals surface area contributed by atoms with Gasteiger partial charge in [0.15, 0.2) is 0 Å². The van der Waals surface area contributed by atoms with Crippen LogP contribution >= 0.6 is 0 Å². The van der Waals surface area contributed by atoms with Crippen molar-refractivity contribution in [2.24, 2.45) is 0 Å². The molecule has 158 valence electrons. The molecule has 3 amide bonds. The van der Waals surface area contributed by atoms with Gasteiger partial charge in [-0.3, -0.25) is 19.3 Å². The number of carbonyl (C=O) groups excluding carboxylic acids is 3. The summed E-state index contributed by atoms with van der Waals surface area (Å²) in [6, 6.07) is 17.0. The minimum absolute atomic E-state index is 0.0247. The lowest BCUT2D eigenvalue weighted by Crippen LogP contribution is -2.36. The molecule has 6 nitrogen and oxygen atoms in total. The molecular weight excluding hydrogens is 380 g/mol. The van der Waals surface area contributed by atoms with E-state index in [1.165, 1.54) is 10.5 Å². The number of benzene rings is 2. The Morgan fingerprint density at radius 3 is 2.17 bits per heavy atom. The Hall–Kier alpha value is -2.99. The zero-order chi connectivity index (χ0) is 21.3. The van der Waals surface area contributed by atoms with Crippen LogP contribution in [-0.4, -0.2) is 60.9 Å². The summed E-state index contributed by atoms with van der Waals surface area (Å²) >= 11 is 0. The van der Waals surface area contributed by atoms with Crippen LogP contribution in [0.5, 0.6) is 0 Å². The monoisotopic (exact) mass is 408 g/mol. The molecule has 1 aliphatic rings. The van der Waals surface area contributed by atoms with Gasteiger partial charge in [0.2, 0.25) is 5.91 Å². The number of aryl methyl sites for hydroxylation is 1. The third-order valence-corrected chi connectivity index (χ3v) is 5.30. The average molecular weight is 408 g/mol. The molecule has 0 fully saturated rings. The fraction of sp³-hybridized carbons (Fsp3) is 0.375. The average Bonchev–Trinajstić information content (AvgIpc) is 3.02. The van der Waals surface area contributed by atoms with E-state index in [0.29, 0.717) is 43.7 Å². The van der Waals surface area contributed by atoms with Crippen LogP contribution in [0.2, 0.25) is 0 Å². The van der Waals surface area contributed by atoms with Gasteiger partial charge in [-0.25, -0.2) is 0 Å². The summed E-state index contributed by atoms with van der Waals surface area (Å²) in [4.78, 5) is 40.6. The molecule has 30 heavy (non-hydrogen) atoms. The van der Waals surface area contributed by atoms with E-state index >= 15 is 0 Å². The first-order chi connectivity index (χ1) is 14.6. The first-order valence-corrected chi connectivity index (χ1v) is 10.4. The number of hydrogen-bond acceptors (Lipinski definition) is 4. The van der Waals surface area contributed by atoms with Crippen LogP contribution in [0.3, 0.4) is 0 Å². The smallest absolute Gasteiger partial charge is 0.261 e. The molecule has 0 N–H and O–H groups in total. The number of nitrogens with zero attached hydrogens (tertiary/aromatic N) is 2. The highest BCUT2D eigenvalue weighted by atomic mass is 16.5. The molecule has 0 aromatic heterocycles. The molecular formula is C24H28N2O4. The molecule has 0 atom stereocenters. The Bertz CT molecular complexity index is 847. The Balaban J connectivity index is 1.48. The van der Waals surface area contributed by atoms with Crippen molar-refractivity contribution >= 4 is 17.7 Å². The highest BCUT2D eigenvalue weighted by Crippen LogP contribution is 2.22. The van der Waals surface area contributed by atoms with Gasteiger partial charge in [-0.05, 0) is 37.0 Å². The Morgan fingerprint density at radius 1 is 0.900 bits per heavy atom. The van der Waals surface area contributed by atoms with E-state index in [-0.39, 0.29) is 24.3 Å². The summed E-state index contributed by atoms with van der Waals surface area (Å²) in [6.45, 7) is 1.93. The van der Waals surface area contributed by atoms with Crippen LogP contribution < -0.4 is 0 Å². The lowest BCUT2D eigenvalue weighted by Gasteiger charge is -2.23. The SMILES string of the molecule is COCCN(CCCc1ccccc1)C(=O)CCCN1C(=O)c2ccccc2C1=O. The zero-order valence-corrected chi connectivity index (χ0v) is 17.4. The Labute approximate surface area is 177 Å². The van der Waals surface area contributed by atoms with E-state index < -0.39 is 0 Å². The van der Waals surface area contributed by atoms with Gasteiger partial charge < -0.3 is 9.64 Å². The van der Waals surface area contributed by atoms with Gasteiger partial charge in [0.25, 0.3) is 11.8 Å². The second kappa shape index (κ2) is 10.7. The number of rotatable bonds is 11. The molecule has 1 heterocycles. The van der Waals surface area contributed by atoms with Crippen LogP contribution in [0.15, 0.2) is 54.6 Å². The highest BCUT2D eigenvalue weighted by molar-refractivity contribution is 6.21. The summed E-state index contributed by atoms with van der Waals surface area (Å²) in [5, 5.41) is 0. The predicted molar refractivity (Wildman–Crippen MR) is 114 cm³/mol. The Kier molecular flexibility index (Phi) is 7.74. The molecule has 0 saturated carbocycles. The van der Waals surface area contributed by atoms with Gasteiger partial charge in [-0.1, -0.05) is 42.5 Å². The topological polar surface area (TPSA) is 66.9 Å². The van der Waals surface area contributed by atoms with Crippen LogP contribution in [0.1, 0.15) is 45.5 Å². The van der Waals surface area contributed by atoms with Crippen molar-refractivity contribution in [3.63, 3.8) is 0 Å². The molecule has 0 radical (unpaired) electrons. The van der Waals surface area contributed by atoms with Gasteiger partial charge >= 0.3 is 0 Å². The number of amides is 3. The molecule has 0 bridgehead atoms. The van der Waals surface area contributed by atoms with Crippen molar-refractivity contribution < 1.29 is 19.1 Å². The summed E-state index contributed by atoms with van der Waals surface area (Å²) in [5.41, 5.74) is 2.13. The molecule has 0 unspecified atom stereocenters. The molecule has 0 saturated heterocycles. The number of methoxy groups -OCH3 is 1. The zero-order valence-electron chi connectivity index (χ0n) is 17.4. The summed E-state index contributed by atoms with van der Waals surface area (Å²) in [7, 11) is 1.62. The summed E-state index contributed by atoms with van der Waals surface area (Å²) in [5.74, 6) is -0.527. The standard InChI is InChI=1S/C24H28N2O4/c1-30-18-17-25(15-7-11-19-9-3-2-4-10-19)22(27)14-8-16-26-23(28)20-12-5-6-13-21(20)24(26)29/h2-6,9-10,12-13H,7-8,11,14-18H2,1H3. The maximum atomic E-state index is 12.7. The van der Waals surface area contributed by atoms with E-state index in [9.17, 15) is 14.4 Å². The molecule has 6 heteroatoms. The lowest BCUT2D eigenvalue weighted by atomic mass is 10.1. The summed E-state index contributed by atoms with van der Waals surface area (Å²) < 4.78 is 5.15. The van der Waals surface area contributed by atoms with Gasteiger partial charge in [-0.15, -0.1) is 0 Å². The van der Waals surface area contributed by atoms with Gasteiger partial charge in [0, 0.05) is 33.2 Å². The lowest BCUT2D eigenvalue weighted by molar-refractivity contribution is -0.132. The number of ether oxygens (including phenoxy) is 1. The van der Waals surface area contributed by atoms with Gasteiger partial charge in [0.05, 0.1) is 17.7 Å². The minimum atomic E-state index is -0.276.